The monoisotopic (exact) mass is 587 g/mol. The van der Waals surface area contributed by atoms with Crippen molar-refractivity contribution in [3.8, 4) is 11.5 Å². The van der Waals surface area contributed by atoms with Gasteiger partial charge >= 0.3 is 28.0 Å². The Morgan fingerprint density at radius 2 is 1.10 bits per heavy atom. The molecule has 0 aliphatic rings. The summed E-state index contributed by atoms with van der Waals surface area (Å²) in [7, 11) is 0. The Hall–Kier alpha value is -4.99. The van der Waals surface area contributed by atoms with Crippen LogP contribution in [0, 0.1) is 13.8 Å². The average Bonchev–Trinajstić information content (AvgIpc) is 2.91. The summed E-state index contributed by atoms with van der Waals surface area (Å²) < 4.78 is 10.7. The van der Waals surface area contributed by atoms with Crippen LogP contribution < -0.4 is 21.5 Å². The molecule has 0 N–H and O–H groups in total. The van der Waals surface area contributed by atoms with Crippen molar-refractivity contribution in [2.75, 3.05) is 0 Å². The summed E-state index contributed by atoms with van der Waals surface area (Å²) in [6, 6.07) is 19.8. The third-order valence-electron chi connectivity index (χ3n) is 6.76. The number of nitrogens with zero attached hydrogens (tertiary/aromatic N) is 2. The van der Waals surface area contributed by atoms with Gasteiger partial charge in [-0.25, -0.2) is 9.59 Å². The van der Waals surface area contributed by atoms with Gasteiger partial charge in [-0.1, -0.05) is 60.0 Å². The van der Waals surface area contributed by atoms with Crippen LogP contribution in [0.25, 0.3) is 32.7 Å². The van der Waals surface area contributed by atoms with Gasteiger partial charge in [0.2, 0.25) is 0 Å². The van der Waals surface area contributed by atoms with Gasteiger partial charge < -0.3 is 19.0 Å². The van der Waals surface area contributed by atoms with Gasteiger partial charge in [0, 0.05) is 51.8 Å². The third-order valence-corrected chi connectivity index (χ3v) is 6.76. The topological polar surface area (TPSA) is 131 Å². The van der Waals surface area contributed by atoms with Gasteiger partial charge in [0.05, 0.1) is 11.4 Å². The number of fused-ring (bicyclic) bond motifs is 3. The summed E-state index contributed by atoms with van der Waals surface area (Å²) in [6.45, 7) is 3.55. The number of aliphatic imine (C=N–C) groups is 2. The number of hydrogen-bond donors (Lipinski definition) is 0. The molecule has 203 valence electrons. The molecule has 0 saturated heterocycles. The molecule has 2 aromatic heterocycles. The molecule has 0 unspecified atom stereocenters. The van der Waals surface area contributed by atoms with Crippen LogP contribution in [0.5, 0.6) is 11.5 Å². The first-order valence-electron chi connectivity index (χ1n) is 12.4. The first kappa shape index (κ1) is 27.6. The Bertz CT molecular complexity index is 2010. The van der Waals surface area contributed by atoms with E-state index in [9.17, 15) is 19.8 Å². The fraction of sp³-hybridized carbons (Fsp3) is 0.0625. The van der Waals surface area contributed by atoms with Crippen molar-refractivity contribution in [1.82, 2.24) is 0 Å². The van der Waals surface area contributed by atoms with Crippen molar-refractivity contribution in [3.63, 3.8) is 0 Å². The molecule has 8 nitrogen and oxygen atoms in total. The van der Waals surface area contributed by atoms with Gasteiger partial charge in [0.15, 0.2) is 0 Å². The fourth-order valence-electron chi connectivity index (χ4n) is 4.80. The van der Waals surface area contributed by atoms with Gasteiger partial charge in [-0.3, -0.25) is 9.98 Å². The van der Waals surface area contributed by atoms with E-state index in [4.69, 9.17) is 8.83 Å². The van der Waals surface area contributed by atoms with Gasteiger partial charge in [0.1, 0.15) is 11.2 Å². The summed E-state index contributed by atoms with van der Waals surface area (Å²) >= 11 is 0. The SMILES string of the molecule is Cc1cc(=O)oc2c(C=Nc3cccc4cccc(N=Cc5c([O-])ccc6c(C)cc(=O)oc56)c34)c([O-])ccc12.[Co+2]. The second-order valence-corrected chi connectivity index (χ2v) is 9.37. The molecule has 0 fully saturated rings. The van der Waals surface area contributed by atoms with Gasteiger partial charge in [-0.15, -0.1) is 0 Å². The van der Waals surface area contributed by atoms with Crippen molar-refractivity contribution in [2.24, 2.45) is 9.98 Å². The standard InChI is InChI=1S/C32H22N2O6.Co/c1-17-13-28(37)39-31-20(17)9-11-26(35)22(31)15-33-24-7-3-5-19-6-4-8-25(30(19)24)34-16-23-27(36)12-10-21-18(2)14-29(38)40-32(21)23;/h3-16,35-36H,1-2H3;/q;+2/p-2. The van der Waals surface area contributed by atoms with E-state index < -0.39 is 11.3 Å². The zero-order valence-electron chi connectivity index (χ0n) is 21.8. The molecule has 9 heteroatoms. The molecule has 0 aliphatic heterocycles. The second kappa shape index (κ2) is 10.9. The van der Waals surface area contributed by atoms with Crippen molar-refractivity contribution in [1.29, 1.82) is 0 Å². The molecule has 2 heterocycles. The molecule has 0 amide bonds. The largest absolute Gasteiger partial charge is 2.00 e. The van der Waals surface area contributed by atoms with Crippen molar-refractivity contribution in [2.45, 2.75) is 13.8 Å². The summed E-state index contributed by atoms with van der Waals surface area (Å²) in [4.78, 5) is 33.2. The van der Waals surface area contributed by atoms with Gasteiger partial charge in [-0.05, 0) is 42.5 Å². The minimum Gasteiger partial charge on any atom is -0.872 e. The zero-order chi connectivity index (χ0) is 28.0. The van der Waals surface area contributed by atoms with E-state index in [0.717, 1.165) is 5.39 Å². The zero-order valence-corrected chi connectivity index (χ0v) is 22.8. The Kier molecular flexibility index (Phi) is 7.31. The average molecular weight is 587 g/mol. The van der Waals surface area contributed by atoms with Crippen molar-refractivity contribution < 1.29 is 35.8 Å². The summed E-state index contributed by atoms with van der Waals surface area (Å²) in [5.74, 6) is -0.668. The quantitative estimate of drug-likeness (QED) is 0.203. The van der Waals surface area contributed by atoms with Crippen LogP contribution in [0.3, 0.4) is 0 Å². The molecular formula is C32H20CoN2O6. The van der Waals surface area contributed by atoms with Crippen LogP contribution in [0.15, 0.2) is 101 Å². The van der Waals surface area contributed by atoms with Crippen LogP contribution in [0.1, 0.15) is 22.3 Å². The number of rotatable bonds is 4. The molecule has 6 aromatic rings. The van der Waals surface area contributed by atoms with E-state index in [1.54, 1.807) is 38.1 Å². The van der Waals surface area contributed by atoms with Crippen LogP contribution in [-0.4, -0.2) is 12.4 Å². The third kappa shape index (κ3) is 5.04. The predicted octanol–water partition coefficient (Wildman–Crippen LogP) is 5.32. The van der Waals surface area contributed by atoms with Crippen LogP contribution in [0.2, 0.25) is 0 Å². The smallest absolute Gasteiger partial charge is 0.872 e. The molecule has 0 atom stereocenters. The van der Waals surface area contributed by atoms with Crippen molar-refractivity contribution >= 4 is 56.5 Å². The van der Waals surface area contributed by atoms with Crippen LogP contribution >= 0.6 is 0 Å². The van der Waals surface area contributed by atoms with Gasteiger partial charge in [0.25, 0.3) is 0 Å². The predicted molar refractivity (Wildman–Crippen MR) is 152 cm³/mol. The molecule has 0 aliphatic carbocycles. The Morgan fingerprint density at radius 3 is 1.54 bits per heavy atom. The van der Waals surface area contributed by atoms with Crippen molar-refractivity contribution in [3.05, 3.63) is 116 Å². The molecule has 0 bridgehead atoms. The Labute approximate surface area is 243 Å². The van der Waals surface area contributed by atoms with E-state index in [-0.39, 0.29) is 50.6 Å². The van der Waals surface area contributed by atoms with E-state index in [0.29, 0.717) is 38.7 Å². The fourth-order valence-corrected chi connectivity index (χ4v) is 4.80. The Morgan fingerprint density at radius 1 is 0.659 bits per heavy atom. The van der Waals surface area contributed by atoms with E-state index in [2.05, 4.69) is 9.98 Å². The van der Waals surface area contributed by atoms with Crippen LogP contribution in [0.4, 0.5) is 11.4 Å². The molecule has 1 radical (unpaired) electrons. The minimum atomic E-state index is -0.552. The maximum Gasteiger partial charge on any atom is 2.00 e. The number of benzene rings is 4. The summed E-state index contributed by atoms with van der Waals surface area (Å²) in [6.07, 6.45) is 2.78. The van der Waals surface area contributed by atoms with E-state index >= 15 is 0 Å². The molecule has 0 saturated carbocycles. The molecule has 6 rings (SSSR count). The maximum absolute atomic E-state index is 12.7. The summed E-state index contributed by atoms with van der Waals surface area (Å²) in [5.41, 5.74) is 1.99. The first-order chi connectivity index (χ1) is 19.3. The van der Waals surface area contributed by atoms with E-state index in [1.807, 2.05) is 24.3 Å². The number of hydrogen-bond acceptors (Lipinski definition) is 8. The summed E-state index contributed by atoms with van der Waals surface area (Å²) in [5, 5.41) is 28.2. The molecule has 41 heavy (non-hydrogen) atoms. The van der Waals surface area contributed by atoms with E-state index in [1.165, 1.54) is 36.7 Å². The molecule has 0 spiro atoms. The number of aryl methyl sites for hydroxylation is 2. The normalized spacial score (nSPS) is 11.7. The van der Waals surface area contributed by atoms with Crippen LogP contribution in [-0.2, 0) is 16.8 Å². The Balaban J connectivity index is 0.00000337. The molecule has 4 aromatic carbocycles. The minimum absolute atomic E-state index is 0. The second-order valence-electron chi connectivity index (χ2n) is 9.37. The first-order valence-corrected chi connectivity index (χ1v) is 12.4. The molecular weight excluding hydrogens is 567 g/mol. The maximum atomic E-state index is 12.7. The van der Waals surface area contributed by atoms with Gasteiger partial charge in [-0.2, -0.15) is 0 Å².